The second-order valence-corrected chi connectivity index (χ2v) is 7.71. The summed E-state index contributed by atoms with van der Waals surface area (Å²) in [5.74, 6) is 0.484. The lowest BCUT2D eigenvalue weighted by molar-refractivity contribution is 0.261. The average Bonchev–Trinajstić information content (AvgIpc) is 2.54. The van der Waals surface area contributed by atoms with Crippen LogP contribution in [0.3, 0.4) is 0 Å². The van der Waals surface area contributed by atoms with Crippen molar-refractivity contribution in [1.82, 2.24) is 4.31 Å². The minimum Gasteiger partial charge on any atom is -0.326 e. The van der Waals surface area contributed by atoms with Gasteiger partial charge in [0.25, 0.3) is 0 Å². The summed E-state index contributed by atoms with van der Waals surface area (Å²) in [6, 6.07) is 5.38. The van der Waals surface area contributed by atoms with Gasteiger partial charge in [0.15, 0.2) is 0 Å². The first-order valence-corrected chi connectivity index (χ1v) is 9.28. The number of rotatable bonds is 5. The third-order valence-corrected chi connectivity index (χ3v) is 6.34. The number of sulfonamides is 1. The van der Waals surface area contributed by atoms with Crippen LogP contribution in [0.5, 0.6) is 0 Å². The Hall–Kier alpha value is -0.910. The van der Waals surface area contributed by atoms with Crippen LogP contribution in [-0.2, 0) is 23.0 Å². The molecule has 1 fully saturated rings. The molecule has 1 aliphatic rings. The van der Waals surface area contributed by atoms with Crippen LogP contribution in [0.15, 0.2) is 23.1 Å². The number of hydrogen-bond acceptors (Lipinski definition) is 3. The molecule has 2 N–H and O–H groups in total. The summed E-state index contributed by atoms with van der Waals surface area (Å²) in [5.41, 5.74) is 7.81. The first-order chi connectivity index (χ1) is 10.0. The summed E-state index contributed by atoms with van der Waals surface area (Å²) in [5, 5.41) is 0. The molecule has 1 aromatic carbocycles. The highest BCUT2D eigenvalue weighted by molar-refractivity contribution is 7.89. The molecule has 0 radical (unpaired) electrons. The number of nitrogens with two attached hydrogens (primary N) is 1. The van der Waals surface area contributed by atoms with Crippen LogP contribution >= 0.6 is 0 Å². The van der Waals surface area contributed by atoms with E-state index >= 15 is 0 Å². The van der Waals surface area contributed by atoms with Gasteiger partial charge in [-0.15, -0.1) is 0 Å². The molecule has 21 heavy (non-hydrogen) atoms. The van der Waals surface area contributed by atoms with Crippen molar-refractivity contribution in [3.63, 3.8) is 0 Å². The highest BCUT2D eigenvalue weighted by Crippen LogP contribution is 2.26. The van der Waals surface area contributed by atoms with E-state index in [0.29, 0.717) is 30.4 Å². The Morgan fingerprint density at radius 2 is 2.05 bits per heavy atom. The summed E-state index contributed by atoms with van der Waals surface area (Å²) >= 11 is 0. The highest BCUT2D eigenvalue weighted by atomic mass is 32.2. The van der Waals surface area contributed by atoms with E-state index in [4.69, 9.17) is 5.73 Å². The molecule has 1 aromatic rings. The van der Waals surface area contributed by atoms with E-state index < -0.39 is 10.0 Å². The molecule has 0 amide bonds. The lowest BCUT2D eigenvalue weighted by Crippen LogP contribution is -2.39. The lowest BCUT2D eigenvalue weighted by Gasteiger charge is -2.31. The summed E-state index contributed by atoms with van der Waals surface area (Å²) < 4.78 is 27.2. The third kappa shape index (κ3) is 3.47. The number of benzene rings is 1. The van der Waals surface area contributed by atoms with E-state index in [2.05, 4.69) is 13.8 Å². The first-order valence-electron chi connectivity index (χ1n) is 7.84. The Kier molecular flexibility index (Phi) is 5.41. The molecule has 1 unspecified atom stereocenters. The Morgan fingerprint density at radius 3 is 2.67 bits per heavy atom. The summed E-state index contributed by atoms with van der Waals surface area (Å²) in [6.45, 7) is 5.84. The van der Waals surface area contributed by atoms with Crippen LogP contribution in [0, 0.1) is 5.92 Å². The highest BCUT2D eigenvalue weighted by Gasteiger charge is 2.29. The Bertz CT molecular complexity index is 584. The third-order valence-electron chi connectivity index (χ3n) is 4.48. The number of hydrogen-bond donors (Lipinski definition) is 1. The molecular formula is C16H26N2O2S. The van der Waals surface area contributed by atoms with Crippen molar-refractivity contribution in [1.29, 1.82) is 0 Å². The van der Waals surface area contributed by atoms with Crippen molar-refractivity contribution in [2.24, 2.45) is 11.7 Å². The van der Waals surface area contributed by atoms with Gasteiger partial charge in [-0.1, -0.05) is 26.3 Å². The fraction of sp³-hybridized carbons (Fsp3) is 0.625. The first kappa shape index (κ1) is 16.5. The Labute approximate surface area is 128 Å². The fourth-order valence-electron chi connectivity index (χ4n) is 3.03. The molecule has 1 aliphatic heterocycles. The molecule has 0 bridgehead atoms. The maximum atomic E-state index is 12.8. The average molecular weight is 310 g/mol. The normalized spacial score (nSPS) is 20.6. The quantitative estimate of drug-likeness (QED) is 0.909. The van der Waals surface area contributed by atoms with Gasteiger partial charge in [-0.3, -0.25) is 0 Å². The SMILES string of the molecule is CCc1ccc(S(=O)(=O)N2CCCC(CC)C2)cc1CN. The number of nitrogens with zero attached hydrogens (tertiary/aromatic N) is 1. The molecule has 4 nitrogen and oxygen atoms in total. The summed E-state index contributed by atoms with van der Waals surface area (Å²) in [6.07, 6.45) is 3.99. The largest absolute Gasteiger partial charge is 0.326 e. The van der Waals surface area contributed by atoms with Gasteiger partial charge in [0, 0.05) is 19.6 Å². The van der Waals surface area contributed by atoms with Gasteiger partial charge in [0.1, 0.15) is 0 Å². The van der Waals surface area contributed by atoms with Crippen molar-refractivity contribution in [3.05, 3.63) is 29.3 Å². The summed E-state index contributed by atoms with van der Waals surface area (Å²) in [7, 11) is -3.38. The lowest BCUT2D eigenvalue weighted by atomic mass is 9.97. The molecular weight excluding hydrogens is 284 g/mol. The van der Waals surface area contributed by atoms with Gasteiger partial charge in [0.2, 0.25) is 10.0 Å². The maximum Gasteiger partial charge on any atom is 0.243 e. The second kappa shape index (κ2) is 6.90. The number of piperidine rings is 1. The maximum absolute atomic E-state index is 12.8. The predicted molar refractivity (Wildman–Crippen MR) is 85.5 cm³/mol. The van der Waals surface area contributed by atoms with Gasteiger partial charge in [-0.05, 0) is 48.4 Å². The van der Waals surface area contributed by atoms with Crippen LogP contribution in [-0.4, -0.2) is 25.8 Å². The zero-order valence-corrected chi connectivity index (χ0v) is 13.8. The van der Waals surface area contributed by atoms with Crippen LogP contribution in [0.4, 0.5) is 0 Å². The molecule has 118 valence electrons. The van der Waals surface area contributed by atoms with Crippen molar-refractivity contribution < 1.29 is 8.42 Å². The van der Waals surface area contributed by atoms with Gasteiger partial charge in [0.05, 0.1) is 4.90 Å². The molecule has 0 aromatic heterocycles. The number of aryl methyl sites for hydroxylation is 1. The van der Waals surface area contributed by atoms with Crippen LogP contribution in [0.2, 0.25) is 0 Å². The van der Waals surface area contributed by atoms with Gasteiger partial charge >= 0.3 is 0 Å². The standard InChI is InChI=1S/C16H26N2O2S/c1-3-13-6-5-9-18(12-13)21(19,20)16-8-7-14(4-2)15(10-16)11-17/h7-8,10,13H,3-6,9,11-12,17H2,1-2H3. The Morgan fingerprint density at radius 1 is 1.29 bits per heavy atom. The fourth-order valence-corrected chi connectivity index (χ4v) is 4.63. The van der Waals surface area contributed by atoms with Crippen molar-refractivity contribution >= 4 is 10.0 Å². The van der Waals surface area contributed by atoms with Crippen molar-refractivity contribution in [2.75, 3.05) is 13.1 Å². The molecule has 5 heteroatoms. The van der Waals surface area contributed by atoms with E-state index in [1.54, 1.807) is 16.4 Å². The van der Waals surface area contributed by atoms with E-state index in [-0.39, 0.29) is 0 Å². The topological polar surface area (TPSA) is 63.4 Å². The zero-order valence-electron chi connectivity index (χ0n) is 13.0. The smallest absolute Gasteiger partial charge is 0.243 e. The molecule has 0 spiro atoms. The van der Waals surface area contributed by atoms with Crippen LogP contribution < -0.4 is 5.73 Å². The van der Waals surface area contributed by atoms with E-state index in [1.165, 1.54) is 0 Å². The van der Waals surface area contributed by atoms with Crippen molar-refractivity contribution in [3.8, 4) is 0 Å². The predicted octanol–water partition coefficient (Wildman–Crippen LogP) is 2.52. The monoisotopic (exact) mass is 310 g/mol. The van der Waals surface area contributed by atoms with Gasteiger partial charge in [-0.2, -0.15) is 4.31 Å². The zero-order chi connectivity index (χ0) is 15.5. The van der Waals surface area contributed by atoms with Gasteiger partial charge < -0.3 is 5.73 Å². The van der Waals surface area contributed by atoms with Crippen LogP contribution in [0.25, 0.3) is 0 Å². The summed E-state index contributed by atoms with van der Waals surface area (Å²) in [4.78, 5) is 0.386. The molecule has 0 aliphatic carbocycles. The molecule has 0 saturated carbocycles. The minimum absolute atomic E-state index is 0.379. The van der Waals surface area contributed by atoms with E-state index in [9.17, 15) is 8.42 Å². The van der Waals surface area contributed by atoms with Crippen molar-refractivity contribution in [2.45, 2.75) is 51.0 Å². The van der Waals surface area contributed by atoms with Gasteiger partial charge in [-0.25, -0.2) is 8.42 Å². The molecule has 1 saturated heterocycles. The van der Waals surface area contributed by atoms with Crippen LogP contribution in [0.1, 0.15) is 44.2 Å². The molecule has 1 heterocycles. The Balaban J connectivity index is 2.30. The molecule has 2 rings (SSSR count). The molecule has 1 atom stereocenters. The van der Waals surface area contributed by atoms with E-state index in [1.807, 2.05) is 6.07 Å². The minimum atomic E-state index is -3.38. The van der Waals surface area contributed by atoms with E-state index in [0.717, 1.165) is 36.8 Å². The second-order valence-electron chi connectivity index (χ2n) is 5.77.